The van der Waals surface area contributed by atoms with E-state index in [4.69, 9.17) is 9.72 Å². The van der Waals surface area contributed by atoms with E-state index in [-0.39, 0.29) is 5.60 Å². The predicted molar refractivity (Wildman–Crippen MR) is 63.3 cm³/mol. The summed E-state index contributed by atoms with van der Waals surface area (Å²) in [6.07, 6.45) is 5.88. The third kappa shape index (κ3) is 2.08. The molecule has 0 saturated heterocycles. The molecule has 84 valence electrons. The highest BCUT2D eigenvalue weighted by Gasteiger charge is 2.38. The Labute approximate surface area is 95.7 Å². The van der Waals surface area contributed by atoms with E-state index in [1.807, 2.05) is 0 Å². The van der Waals surface area contributed by atoms with E-state index in [2.05, 4.69) is 19.2 Å². The standard InChI is InChI=1S/C12H19NOS/c1-3-10-9-15-11(13-10)12(14-4-2)7-5-6-8-12/h9H,3-8H2,1-2H3. The zero-order chi connectivity index (χ0) is 10.7. The number of rotatable bonds is 4. The zero-order valence-corrected chi connectivity index (χ0v) is 10.4. The van der Waals surface area contributed by atoms with Crippen LogP contribution in [-0.2, 0) is 16.8 Å². The largest absolute Gasteiger partial charge is 0.368 e. The summed E-state index contributed by atoms with van der Waals surface area (Å²) in [7, 11) is 0. The van der Waals surface area contributed by atoms with Crippen molar-refractivity contribution >= 4 is 11.3 Å². The van der Waals surface area contributed by atoms with Crippen molar-refractivity contribution in [1.82, 2.24) is 4.98 Å². The minimum Gasteiger partial charge on any atom is -0.368 e. The van der Waals surface area contributed by atoms with E-state index in [0.29, 0.717) is 0 Å². The summed E-state index contributed by atoms with van der Waals surface area (Å²) in [5.41, 5.74) is 1.17. The van der Waals surface area contributed by atoms with Crippen LogP contribution in [0, 0.1) is 0 Å². The highest BCUT2D eigenvalue weighted by atomic mass is 32.1. The Hall–Kier alpha value is -0.410. The van der Waals surface area contributed by atoms with Crippen molar-refractivity contribution < 1.29 is 4.74 Å². The molecule has 15 heavy (non-hydrogen) atoms. The number of aromatic nitrogens is 1. The Kier molecular flexibility index (Phi) is 3.42. The molecule has 1 aromatic heterocycles. The third-order valence-electron chi connectivity index (χ3n) is 3.14. The summed E-state index contributed by atoms with van der Waals surface area (Å²) in [4.78, 5) is 4.70. The van der Waals surface area contributed by atoms with Crippen molar-refractivity contribution in [1.29, 1.82) is 0 Å². The Balaban J connectivity index is 2.23. The molecular formula is C12H19NOS. The molecule has 0 unspecified atom stereocenters. The van der Waals surface area contributed by atoms with Crippen LogP contribution in [0.15, 0.2) is 5.38 Å². The zero-order valence-electron chi connectivity index (χ0n) is 9.58. The Morgan fingerprint density at radius 1 is 1.40 bits per heavy atom. The second kappa shape index (κ2) is 4.62. The smallest absolute Gasteiger partial charge is 0.125 e. The van der Waals surface area contributed by atoms with Crippen molar-refractivity contribution in [3.8, 4) is 0 Å². The Morgan fingerprint density at radius 3 is 2.67 bits per heavy atom. The van der Waals surface area contributed by atoms with Gasteiger partial charge in [-0.2, -0.15) is 0 Å². The van der Waals surface area contributed by atoms with Crippen molar-refractivity contribution in [2.24, 2.45) is 0 Å². The molecule has 1 saturated carbocycles. The van der Waals surface area contributed by atoms with Gasteiger partial charge in [0, 0.05) is 12.0 Å². The minimum absolute atomic E-state index is 0.0349. The fourth-order valence-electron chi connectivity index (χ4n) is 2.32. The molecule has 0 bridgehead atoms. The molecular weight excluding hydrogens is 206 g/mol. The van der Waals surface area contributed by atoms with E-state index < -0.39 is 0 Å². The van der Waals surface area contributed by atoms with Crippen LogP contribution in [0.4, 0.5) is 0 Å². The first kappa shape index (κ1) is 11.1. The lowest BCUT2D eigenvalue weighted by atomic mass is 10.0. The summed E-state index contributed by atoms with van der Waals surface area (Å²) in [6.45, 7) is 5.02. The van der Waals surface area contributed by atoms with E-state index in [0.717, 1.165) is 25.9 Å². The molecule has 1 aliphatic rings. The van der Waals surface area contributed by atoms with Gasteiger partial charge in [-0.1, -0.05) is 19.8 Å². The first-order valence-corrected chi connectivity index (χ1v) is 6.77. The molecule has 0 amide bonds. The maximum Gasteiger partial charge on any atom is 0.125 e. The van der Waals surface area contributed by atoms with Crippen molar-refractivity contribution in [2.45, 2.75) is 51.6 Å². The summed E-state index contributed by atoms with van der Waals surface area (Å²) in [5.74, 6) is 0. The van der Waals surface area contributed by atoms with Gasteiger partial charge in [-0.05, 0) is 26.2 Å². The number of aryl methyl sites for hydroxylation is 1. The predicted octanol–water partition coefficient (Wildman–Crippen LogP) is 3.51. The number of ether oxygens (including phenoxy) is 1. The normalized spacial score (nSPS) is 19.6. The molecule has 1 heterocycles. The van der Waals surface area contributed by atoms with Crippen molar-refractivity contribution in [3.63, 3.8) is 0 Å². The topological polar surface area (TPSA) is 22.1 Å². The lowest BCUT2D eigenvalue weighted by Crippen LogP contribution is -2.26. The summed E-state index contributed by atoms with van der Waals surface area (Å²) >= 11 is 1.77. The first-order chi connectivity index (χ1) is 7.30. The van der Waals surface area contributed by atoms with Gasteiger partial charge < -0.3 is 4.74 Å². The van der Waals surface area contributed by atoms with Crippen molar-refractivity contribution in [3.05, 3.63) is 16.1 Å². The minimum atomic E-state index is -0.0349. The average molecular weight is 225 g/mol. The molecule has 0 aliphatic heterocycles. The van der Waals surface area contributed by atoms with Crippen LogP contribution >= 0.6 is 11.3 Å². The number of thiazole rings is 1. The number of hydrogen-bond donors (Lipinski definition) is 0. The van der Waals surface area contributed by atoms with Crippen LogP contribution in [0.2, 0.25) is 0 Å². The summed E-state index contributed by atoms with van der Waals surface area (Å²) in [6, 6.07) is 0. The molecule has 2 nitrogen and oxygen atoms in total. The van der Waals surface area contributed by atoms with Crippen LogP contribution in [0.3, 0.4) is 0 Å². The molecule has 1 aliphatic carbocycles. The quantitative estimate of drug-likeness (QED) is 0.782. The van der Waals surface area contributed by atoms with E-state index in [9.17, 15) is 0 Å². The van der Waals surface area contributed by atoms with Gasteiger partial charge in [0.2, 0.25) is 0 Å². The molecule has 0 atom stereocenters. The Morgan fingerprint density at radius 2 is 2.13 bits per heavy atom. The summed E-state index contributed by atoms with van der Waals surface area (Å²) < 4.78 is 5.98. The number of hydrogen-bond acceptors (Lipinski definition) is 3. The molecule has 2 rings (SSSR count). The van der Waals surface area contributed by atoms with Gasteiger partial charge in [0.05, 0.1) is 5.69 Å². The van der Waals surface area contributed by atoms with Gasteiger partial charge in [-0.3, -0.25) is 0 Å². The van der Waals surface area contributed by atoms with Gasteiger partial charge in [0.15, 0.2) is 0 Å². The van der Waals surface area contributed by atoms with Crippen LogP contribution in [0.25, 0.3) is 0 Å². The highest BCUT2D eigenvalue weighted by molar-refractivity contribution is 7.09. The third-order valence-corrected chi connectivity index (χ3v) is 4.21. The highest BCUT2D eigenvalue weighted by Crippen LogP contribution is 2.43. The van der Waals surface area contributed by atoms with Gasteiger partial charge in [0.25, 0.3) is 0 Å². The molecule has 0 aromatic carbocycles. The molecule has 1 fully saturated rings. The fourth-order valence-corrected chi connectivity index (χ4v) is 3.44. The van der Waals surface area contributed by atoms with E-state index >= 15 is 0 Å². The molecule has 0 radical (unpaired) electrons. The van der Waals surface area contributed by atoms with Crippen LogP contribution in [0.1, 0.15) is 50.2 Å². The lowest BCUT2D eigenvalue weighted by Gasteiger charge is -2.26. The van der Waals surface area contributed by atoms with E-state index in [1.54, 1.807) is 11.3 Å². The van der Waals surface area contributed by atoms with Crippen LogP contribution in [-0.4, -0.2) is 11.6 Å². The van der Waals surface area contributed by atoms with E-state index in [1.165, 1.54) is 23.5 Å². The monoisotopic (exact) mass is 225 g/mol. The van der Waals surface area contributed by atoms with Gasteiger partial charge in [-0.15, -0.1) is 11.3 Å². The molecule has 0 N–H and O–H groups in total. The second-order valence-corrected chi connectivity index (χ2v) is 4.99. The van der Waals surface area contributed by atoms with Gasteiger partial charge in [0.1, 0.15) is 10.6 Å². The van der Waals surface area contributed by atoms with Crippen LogP contribution in [0.5, 0.6) is 0 Å². The fraction of sp³-hybridized carbons (Fsp3) is 0.750. The lowest BCUT2D eigenvalue weighted by molar-refractivity contribution is -0.0391. The molecule has 1 aromatic rings. The second-order valence-electron chi connectivity index (χ2n) is 4.13. The SMILES string of the molecule is CCOC1(c2nc(CC)cs2)CCCC1. The van der Waals surface area contributed by atoms with Crippen LogP contribution < -0.4 is 0 Å². The maximum absolute atomic E-state index is 5.98. The first-order valence-electron chi connectivity index (χ1n) is 5.89. The van der Waals surface area contributed by atoms with Crippen molar-refractivity contribution in [2.75, 3.05) is 6.61 Å². The Bertz CT molecular complexity index is 315. The number of nitrogens with zero attached hydrogens (tertiary/aromatic N) is 1. The molecule has 0 spiro atoms. The summed E-state index contributed by atoms with van der Waals surface area (Å²) in [5, 5.41) is 3.38. The average Bonchev–Trinajstić information content (AvgIpc) is 2.85. The molecule has 3 heteroatoms. The van der Waals surface area contributed by atoms with Gasteiger partial charge in [-0.25, -0.2) is 4.98 Å². The maximum atomic E-state index is 5.98. The van der Waals surface area contributed by atoms with Gasteiger partial charge >= 0.3 is 0 Å².